The van der Waals surface area contributed by atoms with Crippen LogP contribution in [0.15, 0.2) is 9.79 Å². The van der Waals surface area contributed by atoms with E-state index in [1.54, 1.807) is 11.6 Å². The number of hydrogen-bond acceptors (Lipinski definition) is 2. The number of imidazole rings is 1. The summed E-state index contributed by atoms with van der Waals surface area (Å²) in [5.74, 6) is 0.726. The molecule has 0 aliphatic carbocycles. The topological polar surface area (TPSA) is 50.1 Å². The van der Waals surface area contributed by atoms with Gasteiger partial charge in [-0.2, -0.15) is 0 Å². The van der Waals surface area contributed by atoms with E-state index in [2.05, 4.69) is 9.98 Å². The molecule has 1 aromatic rings. The Kier molecular flexibility index (Phi) is 1.21. The molecule has 0 saturated carbocycles. The van der Waals surface area contributed by atoms with Gasteiger partial charge in [0.05, 0.1) is 5.69 Å². The third-order valence-electron chi connectivity index (χ3n) is 1.94. The normalized spacial score (nSPS) is 15.0. The van der Waals surface area contributed by atoms with E-state index in [0.29, 0.717) is 0 Å². The maximum atomic E-state index is 11.0. The van der Waals surface area contributed by atoms with Crippen molar-refractivity contribution in [1.29, 1.82) is 0 Å². The molecule has 2 rings (SSSR count). The zero-order valence-corrected chi connectivity index (χ0v) is 6.29. The number of aliphatic imine (C=N–C) groups is 1. The monoisotopic (exact) mass is 151 g/mol. The van der Waals surface area contributed by atoms with Crippen molar-refractivity contribution in [2.75, 3.05) is 0 Å². The van der Waals surface area contributed by atoms with Crippen molar-refractivity contribution in [3.8, 4) is 0 Å². The van der Waals surface area contributed by atoms with Gasteiger partial charge in [0.15, 0.2) is 5.82 Å². The molecule has 0 saturated heterocycles. The molecule has 0 radical (unpaired) electrons. The van der Waals surface area contributed by atoms with Gasteiger partial charge in [0.25, 0.3) is 0 Å². The summed E-state index contributed by atoms with van der Waals surface area (Å²) in [7, 11) is 1.76. The van der Waals surface area contributed by atoms with Gasteiger partial charge in [0, 0.05) is 13.3 Å². The number of hydrogen-bond donors (Lipinski definition) is 1. The Morgan fingerprint density at radius 1 is 1.73 bits per heavy atom. The Morgan fingerprint density at radius 2 is 2.55 bits per heavy atom. The first kappa shape index (κ1) is 6.39. The van der Waals surface area contributed by atoms with Gasteiger partial charge in [-0.05, 0) is 12.8 Å². The molecule has 1 aliphatic rings. The van der Waals surface area contributed by atoms with E-state index in [9.17, 15) is 4.79 Å². The lowest BCUT2D eigenvalue weighted by Gasteiger charge is -2.03. The van der Waals surface area contributed by atoms with Gasteiger partial charge < -0.3 is 0 Å². The molecule has 0 aromatic carbocycles. The second-order valence-electron chi connectivity index (χ2n) is 2.63. The van der Waals surface area contributed by atoms with Gasteiger partial charge in [-0.3, -0.25) is 9.55 Å². The van der Waals surface area contributed by atoms with Crippen molar-refractivity contribution >= 4 is 12.0 Å². The van der Waals surface area contributed by atoms with Crippen molar-refractivity contribution in [2.45, 2.75) is 12.8 Å². The molecule has 58 valence electrons. The van der Waals surface area contributed by atoms with Crippen molar-refractivity contribution in [3.05, 3.63) is 16.2 Å². The summed E-state index contributed by atoms with van der Waals surface area (Å²) >= 11 is 0. The lowest BCUT2D eigenvalue weighted by molar-refractivity contribution is 0.785. The van der Waals surface area contributed by atoms with E-state index >= 15 is 0 Å². The summed E-state index contributed by atoms with van der Waals surface area (Å²) in [5, 5.41) is 0. The number of nitrogens with one attached hydrogen (secondary N) is 1. The first-order valence-electron chi connectivity index (χ1n) is 3.59. The van der Waals surface area contributed by atoms with E-state index < -0.39 is 0 Å². The highest BCUT2D eigenvalue weighted by Gasteiger charge is 2.11. The van der Waals surface area contributed by atoms with E-state index in [-0.39, 0.29) is 5.69 Å². The Morgan fingerprint density at radius 3 is 3.27 bits per heavy atom. The molecule has 0 unspecified atom stereocenters. The minimum absolute atomic E-state index is 0.0750. The average molecular weight is 151 g/mol. The van der Waals surface area contributed by atoms with Gasteiger partial charge in [-0.15, -0.1) is 0 Å². The molecule has 11 heavy (non-hydrogen) atoms. The molecule has 0 atom stereocenters. The summed E-state index contributed by atoms with van der Waals surface area (Å²) in [5.41, 5.74) is 0.937. The fourth-order valence-electron chi connectivity index (χ4n) is 1.29. The number of rotatable bonds is 0. The van der Waals surface area contributed by atoms with E-state index in [1.165, 1.54) is 0 Å². The lowest BCUT2D eigenvalue weighted by atomic mass is 10.2. The highest BCUT2D eigenvalue weighted by atomic mass is 16.1. The van der Waals surface area contributed by atoms with Crippen LogP contribution in [0.2, 0.25) is 0 Å². The Hall–Kier alpha value is -1.32. The number of aromatic nitrogens is 2. The molecule has 0 amide bonds. The molecule has 0 bridgehead atoms. The summed E-state index contributed by atoms with van der Waals surface area (Å²) in [6, 6.07) is 0. The lowest BCUT2D eigenvalue weighted by Crippen LogP contribution is -2.14. The van der Waals surface area contributed by atoms with Crippen LogP contribution >= 0.6 is 0 Å². The highest BCUT2D eigenvalue weighted by molar-refractivity contribution is 5.65. The Bertz CT molecular complexity index is 358. The third-order valence-corrected chi connectivity index (χ3v) is 1.94. The molecule has 0 fully saturated rings. The molecular formula is C7H9N3O. The fraction of sp³-hybridized carbons (Fsp3) is 0.429. The Labute approximate surface area is 63.6 Å². The predicted molar refractivity (Wildman–Crippen MR) is 42.5 cm³/mol. The minimum atomic E-state index is -0.0750. The highest BCUT2D eigenvalue weighted by Crippen LogP contribution is 2.18. The molecule has 4 nitrogen and oxygen atoms in total. The first-order valence-corrected chi connectivity index (χ1v) is 3.59. The SMILES string of the molecule is Cn1c2c([nH]c1=O)N=CCC2. The molecule has 2 heterocycles. The van der Waals surface area contributed by atoms with Crippen molar-refractivity contribution in [1.82, 2.24) is 9.55 Å². The summed E-state index contributed by atoms with van der Waals surface area (Å²) in [4.78, 5) is 17.8. The van der Waals surface area contributed by atoms with Crippen LogP contribution in [0.1, 0.15) is 12.1 Å². The van der Waals surface area contributed by atoms with E-state index in [0.717, 1.165) is 24.4 Å². The smallest absolute Gasteiger partial charge is 0.297 e. The van der Waals surface area contributed by atoms with Crippen LogP contribution in [0.5, 0.6) is 0 Å². The largest absolute Gasteiger partial charge is 0.327 e. The van der Waals surface area contributed by atoms with Crippen LogP contribution in [0.3, 0.4) is 0 Å². The number of fused-ring (bicyclic) bond motifs is 1. The summed E-state index contributed by atoms with van der Waals surface area (Å²) in [6.07, 6.45) is 3.67. The second-order valence-corrected chi connectivity index (χ2v) is 2.63. The van der Waals surface area contributed by atoms with Crippen molar-refractivity contribution in [3.63, 3.8) is 0 Å². The quantitative estimate of drug-likeness (QED) is 0.572. The minimum Gasteiger partial charge on any atom is -0.297 e. The van der Waals surface area contributed by atoms with Crippen LogP contribution in [-0.4, -0.2) is 15.8 Å². The second kappa shape index (κ2) is 2.08. The molecule has 0 spiro atoms. The molecule has 1 N–H and O–H groups in total. The summed E-state index contributed by atoms with van der Waals surface area (Å²) in [6.45, 7) is 0. The van der Waals surface area contributed by atoms with E-state index in [4.69, 9.17) is 0 Å². The van der Waals surface area contributed by atoms with Crippen molar-refractivity contribution in [2.24, 2.45) is 12.0 Å². The number of nitrogens with zero attached hydrogens (tertiary/aromatic N) is 2. The molecule has 1 aromatic heterocycles. The van der Waals surface area contributed by atoms with Gasteiger partial charge >= 0.3 is 5.69 Å². The van der Waals surface area contributed by atoms with Crippen LogP contribution in [0, 0.1) is 0 Å². The first-order chi connectivity index (χ1) is 5.29. The van der Waals surface area contributed by atoms with Crippen LogP contribution < -0.4 is 5.69 Å². The molecule has 4 heteroatoms. The standard InChI is InChI=1S/C7H9N3O/c1-10-5-3-2-4-8-6(5)9-7(10)11/h4H,2-3H2,1H3,(H,9,11). The van der Waals surface area contributed by atoms with Gasteiger partial charge in [-0.1, -0.05) is 0 Å². The maximum absolute atomic E-state index is 11.0. The third kappa shape index (κ3) is 0.824. The fourth-order valence-corrected chi connectivity index (χ4v) is 1.29. The van der Waals surface area contributed by atoms with Gasteiger partial charge in [-0.25, -0.2) is 9.79 Å². The average Bonchev–Trinajstić information content (AvgIpc) is 2.30. The van der Waals surface area contributed by atoms with Crippen LogP contribution in [0.4, 0.5) is 5.82 Å². The summed E-state index contributed by atoms with van der Waals surface area (Å²) < 4.78 is 1.62. The predicted octanol–water partition coefficient (Wildman–Crippen LogP) is 0.362. The molecular weight excluding hydrogens is 142 g/mol. The molecule has 1 aliphatic heterocycles. The van der Waals surface area contributed by atoms with Crippen molar-refractivity contribution < 1.29 is 0 Å². The van der Waals surface area contributed by atoms with Gasteiger partial charge in [0.1, 0.15) is 0 Å². The van der Waals surface area contributed by atoms with Crippen LogP contribution in [-0.2, 0) is 13.5 Å². The van der Waals surface area contributed by atoms with Crippen LogP contribution in [0.25, 0.3) is 0 Å². The maximum Gasteiger partial charge on any atom is 0.327 e. The zero-order valence-electron chi connectivity index (χ0n) is 6.29. The number of aromatic amines is 1. The van der Waals surface area contributed by atoms with E-state index in [1.807, 2.05) is 6.21 Å². The van der Waals surface area contributed by atoms with Gasteiger partial charge in [0.2, 0.25) is 0 Å². The number of H-pyrrole nitrogens is 1. The zero-order chi connectivity index (χ0) is 7.84. The Balaban J connectivity index is 2.70.